The van der Waals surface area contributed by atoms with Crippen LogP contribution in [0, 0.1) is 0 Å². The molecule has 4 atom stereocenters. The summed E-state index contributed by atoms with van der Waals surface area (Å²) in [4.78, 5) is 65.8. The molecule has 14 nitrogen and oxygen atoms in total. The highest BCUT2D eigenvalue weighted by molar-refractivity contribution is 7.98. The minimum absolute atomic E-state index is 0.0424. The molecule has 0 aliphatic rings. The lowest BCUT2D eigenvalue weighted by Gasteiger charge is -2.24. The molecule has 216 valence electrons. The molecule has 0 radical (unpaired) electrons. The maximum atomic E-state index is 13.1. The van der Waals surface area contributed by atoms with E-state index < -0.39 is 60.2 Å². The molecule has 39 heavy (non-hydrogen) atoms. The molecule has 1 rings (SSSR count). The van der Waals surface area contributed by atoms with E-state index in [1.165, 1.54) is 11.8 Å². The minimum atomic E-state index is -1.39. The second kappa shape index (κ2) is 17.6. The molecule has 0 heterocycles. The predicted octanol–water partition coefficient (Wildman–Crippen LogP) is -2.22. The van der Waals surface area contributed by atoms with Gasteiger partial charge in [0.15, 0.2) is 5.96 Å². The van der Waals surface area contributed by atoms with Gasteiger partial charge in [-0.1, -0.05) is 30.3 Å². The number of benzene rings is 1. The molecule has 1 aromatic rings. The number of nitrogens with two attached hydrogens (primary N) is 4. The van der Waals surface area contributed by atoms with Gasteiger partial charge in [0.25, 0.3) is 0 Å². The summed E-state index contributed by atoms with van der Waals surface area (Å²) in [7, 11) is 0. The number of guanidine groups is 1. The molecular formula is C24H38N8O6S. The third-order valence-corrected chi connectivity index (χ3v) is 6.12. The number of thioether (sulfide) groups is 1. The van der Waals surface area contributed by atoms with Crippen LogP contribution in [0.5, 0.6) is 0 Å². The Hall–Kier alpha value is -3.85. The zero-order valence-corrected chi connectivity index (χ0v) is 22.6. The molecule has 0 bridgehead atoms. The minimum Gasteiger partial charge on any atom is -0.480 e. The molecule has 12 N–H and O–H groups in total. The Kier molecular flexibility index (Phi) is 15.0. The summed E-state index contributed by atoms with van der Waals surface area (Å²) >= 11 is 1.41. The Morgan fingerprint density at radius 1 is 0.897 bits per heavy atom. The van der Waals surface area contributed by atoms with Gasteiger partial charge >= 0.3 is 5.97 Å². The molecule has 0 saturated carbocycles. The quantitative estimate of drug-likeness (QED) is 0.0539. The van der Waals surface area contributed by atoms with Crippen molar-refractivity contribution >= 4 is 47.3 Å². The van der Waals surface area contributed by atoms with Crippen molar-refractivity contribution in [2.75, 3.05) is 18.6 Å². The van der Waals surface area contributed by atoms with Gasteiger partial charge in [0.1, 0.15) is 18.1 Å². The fourth-order valence-electron chi connectivity index (χ4n) is 3.46. The number of aliphatic imine (C=N–C) groups is 1. The van der Waals surface area contributed by atoms with Gasteiger partial charge in [-0.05, 0) is 43.3 Å². The number of amides is 4. The zero-order valence-electron chi connectivity index (χ0n) is 21.8. The van der Waals surface area contributed by atoms with Crippen molar-refractivity contribution in [2.24, 2.45) is 27.9 Å². The number of hydrogen-bond acceptors (Lipinski definition) is 8. The number of carboxylic acids is 1. The van der Waals surface area contributed by atoms with Crippen molar-refractivity contribution in [1.82, 2.24) is 16.0 Å². The van der Waals surface area contributed by atoms with Crippen molar-refractivity contribution in [2.45, 2.75) is 56.3 Å². The van der Waals surface area contributed by atoms with E-state index in [0.717, 1.165) is 5.56 Å². The lowest BCUT2D eigenvalue weighted by molar-refractivity contribution is -0.142. The van der Waals surface area contributed by atoms with Gasteiger partial charge in [-0.3, -0.25) is 24.2 Å². The Labute approximate surface area is 231 Å². The van der Waals surface area contributed by atoms with E-state index in [2.05, 4.69) is 20.9 Å². The highest BCUT2D eigenvalue weighted by atomic mass is 32.2. The number of nitrogens with zero attached hydrogens (tertiary/aromatic N) is 1. The molecular weight excluding hydrogens is 528 g/mol. The number of carboxylic acid groups (broad SMARTS) is 1. The molecule has 0 spiro atoms. The molecule has 1 aromatic carbocycles. The number of hydrogen-bond donors (Lipinski definition) is 8. The van der Waals surface area contributed by atoms with Gasteiger partial charge in [-0.25, -0.2) is 4.79 Å². The Bertz CT molecular complexity index is 1010. The lowest BCUT2D eigenvalue weighted by Crippen LogP contribution is -2.58. The summed E-state index contributed by atoms with van der Waals surface area (Å²) in [6.45, 7) is 0.176. The van der Waals surface area contributed by atoms with Crippen LogP contribution < -0.4 is 38.9 Å². The second-order valence-electron chi connectivity index (χ2n) is 8.72. The maximum absolute atomic E-state index is 13.1. The van der Waals surface area contributed by atoms with Gasteiger partial charge in [0, 0.05) is 6.54 Å². The molecule has 0 aliphatic heterocycles. The third-order valence-electron chi connectivity index (χ3n) is 5.48. The van der Waals surface area contributed by atoms with Crippen LogP contribution in [0.2, 0.25) is 0 Å². The number of nitrogens with one attached hydrogen (secondary N) is 3. The van der Waals surface area contributed by atoms with Gasteiger partial charge < -0.3 is 44.0 Å². The normalized spacial score (nSPS) is 13.7. The molecule has 0 fully saturated rings. The molecule has 15 heteroatoms. The molecule has 4 amide bonds. The summed E-state index contributed by atoms with van der Waals surface area (Å²) < 4.78 is 0. The van der Waals surface area contributed by atoms with Gasteiger partial charge in [-0.15, -0.1) is 0 Å². The van der Waals surface area contributed by atoms with Gasteiger partial charge in [0.2, 0.25) is 23.6 Å². The summed E-state index contributed by atoms with van der Waals surface area (Å²) in [5, 5.41) is 16.9. The standard InChI is InChI=1S/C24H38N8O6S/c1-39-11-9-16(21(35)31-17(23(37)38)8-5-10-29-24(27)28)30-22(36)18(13-19(26)33)32-20(34)15(25)12-14-6-3-2-4-7-14/h2-4,6-7,15-18H,5,8-13,25H2,1H3,(H2,26,33)(H,30,36)(H,31,35)(H,32,34)(H,37,38)(H4,27,28,29). The first-order chi connectivity index (χ1) is 18.4. The third kappa shape index (κ3) is 13.5. The van der Waals surface area contributed by atoms with Crippen LogP contribution >= 0.6 is 11.8 Å². The average Bonchev–Trinajstić information content (AvgIpc) is 2.87. The number of primary amides is 1. The lowest BCUT2D eigenvalue weighted by atomic mass is 10.0. The second-order valence-corrected chi connectivity index (χ2v) is 9.70. The first-order valence-electron chi connectivity index (χ1n) is 12.2. The van der Waals surface area contributed by atoms with Crippen LogP contribution in [0.15, 0.2) is 35.3 Å². The van der Waals surface area contributed by atoms with Crippen molar-refractivity contribution in [3.63, 3.8) is 0 Å². The first kappa shape index (κ1) is 33.2. The van der Waals surface area contributed by atoms with Crippen LogP contribution in [0.3, 0.4) is 0 Å². The molecule has 0 saturated heterocycles. The van der Waals surface area contributed by atoms with E-state index in [0.29, 0.717) is 5.75 Å². The maximum Gasteiger partial charge on any atom is 0.326 e. The SMILES string of the molecule is CSCCC(NC(=O)C(CC(N)=O)NC(=O)C(N)Cc1ccccc1)C(=O)NC(CCCN=C(N)N)C(=O)O. The topological polar surface area (TPSA) is 258 Å². The van der Waals surface area contributed by atoms with Gasteiger partial charge in [-0.2, -0.15) is 11.8 Å². The van der Waals surface area contributed by atoms with Crippen molar-refractivity contribution in [3.8, 4) is 0 Å². The van der Waals surface area contributed by atoms with Crippen LogP contribution in [-0.2, 0) is 30.4 Å². The monoisotopic (exact) mass is 566 g/mol. The fourth-order valence-corrected chi connectivity index (χ4v) is 3.93. The first-order valence-corrected chi connectivity index (χ1v) is 13.6. The molecule has 0 aliphatic carbocycles. The van der Waals surface area contributed by atoms with Crippen LogP contribution in [-0.4, -0.2) is 83.4 Å². The van der Waals surface area contributed by atoms with Crippen LogP contribution in [0.4, 0.5) is 0 Å². The molecule has 4 unspecified atom stereocenters. The number of aliphatic carboxylic acids is 1. The Balaban J connectivity index is 2.92. The summed E-state index contributed by atoms with van der Waals surface area (Å²) in [6, 6.07) is 4.19. The number of rotatable bonds is 18. The highest BCUT2D eigenvalue weighted by Crippen LogP contribution is 2.07. The van der Waals surface area contributed by atoms with Crippen molar-refractivity contribution < 1.29 is 29.1 Å². The molecule has 0 aromatic heterocycles. The predicted molar refractivity (Wildman–Crippen MR) is 148 cm³/mol. The largest absolute Gasteiger partial charge is 0.480 e. The van der Waals surface area contributed by atoms with Crippen molar-refractivity contribution in [1.29, 1.82) is 0 Å². The van der Waals surface area contributed by atoms with E-state index in [1.807, 2.05) is 6.07 Å². The van der Waals surface area contributed by atoms with E-state index in [-0.39, 0.29) is 38.2 Å². The Morgan fingerprint density at radius 3 is 2.05 bits per heavy atom. The van der Waals surface area contributed by atoms with E-state index >= 15 is 0 Å². The highest BCUT2D eigenvalue weighted by Gasteiger charge is 2.31. The van der Waals surface area contributed by atoms with Gasteiger partial charge in [0.05, 0.1) is 12.5 Å². The zero-order chi connectivity index (χ0) is 29.4. The number of carbonyl (C=O) groups excluding carboxylic acids is 4. The fraction of sp³-hybridized carbons (Fsp3) is 0.500. The number of carbonyl (C=O) groups is 5. The smallest absolute Gasteiger partial charge is 0.326 e. The summed E-state index contributed by atoms with van der Waals surface area (Å²) in [5.74, 6) is -4.07. The van der Waals surface area contributed by atoms with E-state index in [4.69, 9.17) is 22.9 Å². The van der Waals surface area contributed by atoms with E-state index in [9.17, 15) is 29.1 Å². The summed E-state index contributed by atoms with van der Waals surface area (Å²) in [5.41, 5.74) is 22.6. The Morgan fingerprint density at radius 2 is 1.49 bits per heavy atom. The van der Waals surface area contributed by atoms with Crippen LogP contribution in [0.25, 0.3) is 0 Å². The van der Waals surface area contributed by atoms with E-state index in [1.54, 1.807) is 30.5 Å². The average molecular weight is 567 g/mol. The van der Waals surface area contributed by atoms with Crippen LogP contribution in [0.1, 0.15) is 31.2 Å². The van der Waals surface area contributed by atoms with Crippen molar-refractivity contribution in [3.05, 3.63) is 35.9 Å². The summed E-state index contributed by atoms with van der Waals surface area (Å²) in [6.07, 6.45) is 1.94.